The Labute approximate surface area is 230 Å². The summed E-state index contributed by atoms with van der Waals surface area (Å²) in [4.78, 5) is 0. The molecule has 198 valence electrons. The van der Waals surface area contributed by atoms with Gasteiger partial charge in [-0.05, 0) is 147 Å². The van der Waals surface area contributed by atoms with Gasteiger partial charge in [-0.2, -0.15) is 0 Å². The Kier molecular flexibility index (Phi) is 9.29. The minimum atomic E-state index is 0.892. The van der Waals surface area contributed by atoms with Gasteiger partial charge in [0, 0.05) is 11.4 Å². The summed E-state index contributed by atoms with van der Waals surface area (Å²) >= 11 is 0. The summed E-state index contributed by atoms with van der Waals surface area (Å²) in [5.41, 5.74) is 27.3. The van der Waals surface area contributed by atoms with Crippen LogP contribution in [0.2, 0.25) is 0 Å². The van der Waals surface area contributed by atoms with E-state index in [1.54, 1.807) is 0 Å². The molecule has 4 N–H and O–H groups in total. The maximum atomic E-state index is 6.04. The van der Waals surface area contributed by atoms with Crippen molar-refractivity contribution in [2.75, 3.05) is 11.5 Å². The van der Waals surface area contributed by atoms with Gasteiger partial charge in [0.25, 0.3) is 0 Å². The van der Waals surface area contributed by atoms with Gasteiger partial charge in [0.15, 0.2) is 0 Å². The van der Waals surface area contributed by atoms with Gasteiger partial charge in [0.2, 0.25) is 0 Å². The van der Waals surface area contributed by atoms with Crippen molar-refractivity contribution in [2.45, 2.75) is 79.1 Å². The molecule has 0 fully saturated rings. The van der Waals surface area contributed by atoms with Gasteiger partial charge >= 0.3 is 0 Å². The van der Waals surface area contributed by atoms with Crippen LogP contribution in [0.3, 0.4) is 0 Å². The average molecular weight is 505 g/mol. The molecule has 4 aromatic carbocycles. The predicted octanol–water partition coefficient (Wildman–Crippen LogP) is 8.22. The van der Waals surface area contributed by atoms with Crippen molar-refractivity contribution in [3.05, 3.63) is 128 Å². The Bertz CT molecular complexity index is 1240. The monoisotopic (exact) mass is 504 g/mol. The number of aryl methyl sites for hydroxylation is 10. The van der Waals surface area contributed by atoms with Crippen LogP contribution in [-0.2, 0) is 38.5 Å². The quantitative estimate of drug-likeness (QED) is 0.160. The predicted molar refractivity (Wildman–Crippen MR) is 165 cm³/mol. The van der Waals surface area contributed by atoms with Crippen LogP contribution in [0, 0.1) is 27.7 Å². The SMILES string of the molecule is Cc1cc(CCc2ccc(CCCCc3ccc(CCc4cc(C)c(N)cc4C)cc3)cc2)c(C)cc1N. The minimum absolute atomic E-state index is 0.892. The van der Waals surface area contributed by atoms with Crippen molar-refractivity contribution in [2.24, 2.45) is 0 Å². The molecule has 0 atom stereocenters. The number of nitrogens with two attached hydrogens (primary N) is 2. The van der Waals surface area contributed by atoms with Gasteiger partial charge in [-0.1, -0.05) is 60.7 Å². The fourth-order valence-electron chi connectivity index (χ4n) is 5.30. The highest BCUT2D eigenvalue weighted by atomic mass is 14.6. The van der Waals surface area contributed by atoms with Crippen molar-refractivity contribution >= 4 is 11.4 Å². The van der Waals surface area contributed by atoms with E-state index in [2.05, 4.69) is 100 Å². The van der Waals surface area contributed by atoms with E-state index >= 15 is 0 Å². The molecule has 0 unspecified atom stereocenters. The van der Waals surface area contributed by atoms with E-state index in [4.69, 9.17) is 11.5 Å². The van der Waals surface area contributed by atoms with E-state index in [0.29, 0.717) is 0 Å². The third-order valence-corrected chi connectivity index (χ3v) is 8.04. The maximum Gasteiger partial charge on any atom is 0.0346 e. The first-order chi connectivity index (χ1) is 18.3. The summed E-state index contributed by atoms with van der Waals surface area (Å²) in [7, 11) is 0. The molecular weight excluding hydrogens is 460 g/mol. The Balaban J connectivity index is 1.17. The molecule has 0 aromatic heterocycles. The molecule has 0 bridgehead atoms. The lowest BCUT2D eigenvalue weighted by atomic mass is 9.96. The topological polar surface area (TPSA) is 52.0 Å². The lowest BCUT2D eigenvalue weighted by Gasteiger charge is -2.10. The van der Waals surface area contributed by atoms with E-state index in [1.807, 2.05) is 0 Å². The lowest BCUT2D eigenvalue weighted by molar-refractivity contribution is 0.733. The van der Waals surface area contributed by atoms with Crippen LogP contribution in [0.5, 0.6) is 0 Å². The molecule has 4 aromatic rings. The number of nitrogen functional groups attached to an aromatic ring is 2. The first-order valence-electron chi connectivity index (χ1n) is 14.2. The van der Waals surface area contributed by atoms with Crippen LogP contribution < -0.4 is 11.5 Å². The zero-order valence-electron chi connectivity index (χ0n) is 23.7. The molecular formula is C36H44N2. The summed E-state index contributed by atoms with van der Waals surface area (Å²) in [5, 5.41) is 0. The summed E-state index contributed by atoms with van der Waals surface area (Å²) in [6.07, 6.45) is 9.00. The molecule has 2 heteroatoms. The molecule has 0 saturated heterocycles. The number of anilines is 2. The van der Waals surface area contributed by atoms with Crippen LogP contribution in [0.4, 0.5) is 11.4 Å². The molecule has 0 aliphatic rings. The van der Waals surface area contributed by atoms with E-state index in [9.17, 15) is 0 Å². The number of hydrogen-bond donors (Lipinski definition) is 2. The standard InChI is InChI=1S/C36H44N2/c1-25-23-35(37)27(3)21-33(25)19-17-31-13-9-29(10-14-31)7-5-6-8-30-11-15-32(16-12-30)18-20-34-22-28(4)36(38)24-26(34)2/h9-16,21-24H,5-8,17-20,37-38H2,1-4H3. The Morgan fingerprint density at radius 1 is 0.395 bits per heavy atom. The van der Waals surface area contributed by atoms with E-state index in [1.165, 1.54) is 68.5 Å². The van der Waals surface area contributed by atoms with Crippen LogP contribution in [0.15, 0.2) is 72.8 Å². The van der Waals surface area contributed by atoms with Crippen LogP contribution in [0.1, 0.15) is 68.5 Å². The van der Waals surface area contributed by atoms with Crippen molar-refractivity contribution in [3.63, 3.8) is 0 Å². The number of rotatable bonds is 11. The van der Waals surface area contributed by atoms with Gasteiger partial charge < -0.3 is 11.5 Å². The lowest BCUT2D eigenvalue weighted by Crippen LogP contribution is -1.99. The molecule has 0 spiro atoms. The molecule has 0 radical (unpaired) electrons. The molecule has 0 amide bonds. The van der Waals surface area contributed by atoms with E-state index in [0.717, 1.165) is 49.9 Å². The highest BCUT2D eigenvalue weighted by molar-refractivity contribution is 5.52. The van der Waals surface area contributed by atoms with E-state index < -0.39 is 0 Å². The van der Waals surface area contributed by atoms with Crippen molar-refractivity contribution < 1.29 is 0 Å². The fourth-order valence-corrected chi connectivity index (χ4v) is 5.30. The van der Waals surface area contributed by atoms with Gasteiger partial charge in [0.1, 0.15) is 0 Å². The Morgan fingerprint density at radius 3 is 1.05 bits per heavy atom. The molecule has 2 nitrogen and oxygen atoms in total. The molecule has 0 saturated carbocycles. The van der Waals surface area contributed by atoms with Crippen molar-refractivity contribution in [1.82, 2.24) is 0 Å². The van der Waals surface area contributed by atoms with Gasteiger partial charge in [-0.3, -0.25) is 0 Å². The van der Waals surface area contributed by atoms with E-state index in [-0.39, 0.29) is 0 Å². The average Bonchev–Trinajstić information content (AvgIpc) is 2.90. The number of unbranched alkanes of at least 4 members (excludes halogenated alkanes) is 1. The minimum Gasteiger partial charge on any atom is -0.399 e. The summed E-state index contributed by atoms with van der Waals surface area (Å²) in [6, 6.07) is 27.2. The maximum absolute atomic E-state index is 6.04. The Morgan fingerprint density at radius 2 is 0.711 bits per heavy atom. The highest BCUT2D eigenvalue weighted by Crippen LogP contribution is 2.21. The fraction of sp³-hybridized carbons (Fsp3) is 0.333. The zero-order valence-corrected chi connectivity index (χ0v) is 23.7. The van der Waals surface area contributed by atoms with Crippen LogP contribution in [0.25, 0.3) is 0 Å². The first-order valence-corrected chi connectivity index (χ1v) is 14.2. The highest BCUT2D eigenvalue weighted by Gasteiger charge is 2.05. The second kappa shape index (κ2) is 12.8. The van der Waals surface area contributed by atoms with Gasteiger partial charge in [-0.15, -0.1) is 0 Å². The summed E-state index contributed by atoms with van der Waals surface area (Å²) in [5.74, 6) is 0. The van der Waals surface area contributed by atoms with Crippen molar-refractivity contribution in [1.29, 1.82) is 0 Å². The summed E-state index contributed by atoms with van der Waals surface area (Å²) < 4.78 is 0. The Hall–Kier alpha value is -3.52. The van der Waals surface area contributed by atoms with Gasteiger partial charge in [-0.25, -0.2) is 0 Å². The number of benzene rings is 4. The molecule has 38 heavy (non-hydrogen) atoms. The normalized spacial score (nSPS) is 11.2. The van der Waals surface area contributed by atoms with Gasteiger partial charge in [0.05, 0.1) is 0 Å². The third kappa shape index (κ3) is 7.51. The third-order valence-electron chi connectivity index (χ3n) is 8.04. The molecule has 0 heterocycles. The largest absolute Gasteiger partial charge is 0.399 e. The molecule has 0 aliphatic heterocycles. The molecule has 0 aliphatic carbocycles. The second-order valence-electron chi connectivity index (χ2n) is 11.1. The van der Waals surface area contributed by atoms with Crippen molar-refractivity contribution in [3.8, 4) is 0 Å². The van der Waals surface area contributed by atoms with Crippen LogP contribution >= 0.6 is 0 Å². The summed E-state index contributed by atoms with van der Waals surface area (Å²) in [6.45, 7) is 8.50. The zero-order chi connectivity index (χ0) is 27.1. The van der Waals surface area contributed by atoms with Crippen LogP contribution in [-0.4, -0.2) is 0 Å². The first kappa shape index (κ1) is 27.5. The second-order valence-corrected chi connectivity index (χ2v) is 11.1. The number of hydrogen-bond acceptors (Lipinski definition) is 2. The molecule has 4 rings (SSSR count). The smallest absolute Gasteiger partial charge is 0.0346 e.